The highest BCUT2D eigenvalue weighted by molar-refractivity contribution is 8.00. The topological polar surface area (TPSA) is 81.2 Å². The van der Waals surface area contributed by atoms with Crippen molar-refractivity contribution in [3.05, 3.63) is 64.7 Å². The third-order valence-electron chi connectivity index (χ3n) is 3.90. The van der Waals surface area contributed by atoms with Crippen molar-refractivity contribution in [1.82, 2.24) is 15.3 Å². The van der Waals surface area contributed by atoms with Crippen molar-refractivity contribution in [2.24, 2.45) is 0 Å². The first kappa shape index (κ1) is 20.0. The zero-order valence-corrected chi connectivity index (χ0v) is 17.0. The molecule has 28 heavy (non-hydrogen) atoms. The average molecular weight is 414 g/mol. The molecule has 2 aromatic heterocycles. The predicted molar refractivity (Wildman–Crippen MR) is 110 cm³/mol. The van der Waals surface area contributed by atoms with Gasteiger partial charge in [0.25, 0.3) is 5.91 Å². The zero-order chi connectivity index (χ0) is 19.9. The lowest BCUT2D eigenvalue weighted by atomic mass is 10.2. The fourth-order valence-electron chi connectivity index (χ4n) is 2.46. The number of carbonyl (C=O) groups excluding carboxylic acids is 2. The molecule has 0 radical (unpaired) electrons. The minimum absolute atomic E-state index is 0.208. The first-order chi connectivity index (χ1) is 13.6. The molecule has 1 amide bonds. The highest BCUT2D eigenvalue weighted by atomic mass is 32.2. The van der Waals surface area contributed by atoms with E-state index >= 15 is 0 Å². The van der Waals surface area contributed by atoms with E-state index in [1.807, 2.05) is 29.6 Å². The molecule has 0 aliphatic carbocycles. The minimum Gasteiger partial charge on any atom is -0.468 e. The van der Waals surface area contributed by atoms with Gasteiger partial charge in [-0.3, -0.25) is 14.6 Å². The van der Waals surface area contributed by atoms with Gasteiger partial charge in [0.15, 0.2) is 0 Å². The summed E-state index contributed by atoms with van der Waals surface area (Å²) >= 11 is 2.79. The van der Waals surface area contributed by atoms with Crippen molar-refractivity contribution in [1.29, 1.82) is 0 Å². The molecule has 1 N–H and O–H groups in total. The van der Waals surface area contributed by atoms with E-state index in [0.29, 0.717) is 12.1 Å². The Kier molecular flexibility index (Phi) is 6.78. The number of pyridine rings is 1. The quantitative estimate of drug-likeness (QED) is 0.469. The fraction of sp³-hybridized carbons (Fsp3) is 0.200. The van der Waals surface area contributed by atoms with Crippen LogP contribution in [0.3, 0.4) is 0 Å². The molecule has 144 valence electrons. The maximum Gasteiger partial charge on any atom is 0.318 e. The smallest absolute Gasteiger partial charge is 0.318 e. The summed E-state index contributed by atoms with van der Waals surface area (Å²) in [7, 11) is 1.35. The summed E-state index contributed by atoms with van der Waals surface area (Å²) in [5, 5.41) is 5.27. The molecule has 1 unspecified atom stereocenters. The molecule has 1 aromatic carbocycles. The monoisotopic (exact) mass is 413 g/mol. The first-order valence-electron chi connectivity index (χ1n) is 8.55. The Morgan fingerprint density at radius 1 is 1.21 bits per heavy atom. The van der Waals surface area contributed by atoms with Gasteiger partial charge in [0, 0.05) is 28.2 Å². The van der Waals surface area contributed by atoms with Crippen LogP contribution in [0, 0.1) is 0 Å². The Hall–Kier alpha value is -2.71. The summed E-state index contributed by atoms with van der Waals surface area (Å²) in [5.74, 6) is -0.535. The number of thiazole rings is 1. The van der Waals surface area contributed by atoms with Crippen LogP contribution in [0.2, 0.25) is 0 Å². The van der Waals surface area contributed by atoms with E-state index in [4.69, 9.17) is 4.74 Å². The summed E-state index contributed by atoms with van der Waals surface area (Å²) in [6.07, 6.45) is 3.44. The molecule has 3 aromatic rings. The summed E-state index contributed by atoms with van der Waals surface area (Å²) in [6.45, 7) is 2.08. The van der Waals surface area contributed by atoms with Crippen molar-refractivity contribution < 1.29 is 14.3 Å². The Labute approximate surface area is 171 Å². The third kappa shape index (κ3) is 4.96. The van der Waals surface area contributed by atoms with Crippen molar-refractivity contribution >= 4 is 35.0 Å². The molecule has 1 atom stereocenters. The number of aromatic nitrogens is 2. The van der Waals surface area contributed by atoms with Gasteiger partial charge in [-0.1, -0.05) is 12.1 Å². The van der Waals surface area contributed by atoms with Crippen molar-refractivity contribution in [3.8, 4) is 11.3 Å². The summed E-state index contributed by atoms with van der Waals surface area (Å²) in [6, 6.07) is 11.0. The number of carbonyl (C=O) groups is 2. The van der Waals surface area contributed by atoms with Gasteiger partial charge < -0.3 is 10.1 Å². The molecular formula is C20H19N3O3S2. The van der Waals surface area contributed by atoms with Gasteiger partial charge >= 0.3 is 5.97 Å². The maximum absolute atomic E-state index is 12.7. The van der Waals surface area contributed by atoms with Gasteiger partial charge in [-0.2, -0.15) is 0 Å². The van der Waals surface area contributed by atoms with E-state index in [9.17, 15) is 9.59 Å². The van der Waals surface area contributed by atoms with Crippen LogP contribution in [0.4, 0.5) is 0 Å². The van der Waals surface area contributed by atoms with Crippen LogP contribution in [0.1, 0.15) is 22.3 Å². The van der Waals surface area contributed by atoms with Gasteiger partial charge in [-0.05, 0) is 31.2 Å². The molecular weight excluding hydrogens is 394 g/mol. The van der Waals surface area contributed by atoms with Crippen LogP contribution < -0.4 is 5.32 Å². The molecule has 3 rings (SSSR count). The van der Waals surface area contributed by atoms with E-state index < -0.39 is 5.25 Å². The van der Waals surface area contributed by atoms with Crippen LogP contribution in [-0.2, 0) is 16.1 Å². The average Bonchev–Trinajstić information content (AvgIpc) is 3.21. The van der Waals surface area contributed by atoms with E-state index in [1.54, 1.807) is 31.5 Å². The third-order valence-corrected chi connectivity index (χ3v) is 5.90. The highest BCUT2D eigenvalue weighted by Crippen LogP contribution is 2.27. The first-order valence-corrected chi connectivity index (χ1v) is 10.3. The fourth-order valence-corrected chi connectivity index (χ4v) is 4.22. The largest absolute Gasteiger partial charge is 0.468 e. The van der Waals surface area contributed by atoms with Crippen LogP contribution >= 0.6 is 23.1 Å². The van der Waals surface area contributed by atoms with E-state index in [2.05, 4.69) is 15.3 Å². The molecule has 0 spiro atoms. The number of amides is 1. The minimum atomic E-state index is -0.402. The number of benzene rings is 1. The summed E-state index contributed by atoms with van der Waals surface area (Å²) in [4.78, 5) is 33.6. The van der Waals surface area contributed by atoms with Crippen molar-refractivity contribution in [3.63, 3.8) is 0 Å². The number of hydrogen-bond donors (Lipinski definition) is 1. The number of methoxy groups -OCH3 is 1. The number of ether oxygens (including phenoxy) is 1. The van der Waals surface area contributed by atoms with Crippen molar-refractivity contribution in [2.45, 2.75) is 23.6 Å². The maximum atomic E-state index is 12.7. The molecule has 6 nitrogen and oxygen atoms in total. The lowest BCUT2D eigenvalue weighted by molar-refractivity contribution is -0.139. The number of esters is 1. The normalized spacial score (nSPS) is 11.6. The number of nitrogens with zero attached hydrogens (tertiary/aromatic N) is 2. The highest BCUT2D eigenvalue weighted by Gasteiger charge is 2.19. The van der Waals surface area contributed by atoms with E-state index in [0.717, 1.165) is 21.2 Å². The molecule has 2 heterocycles. The Bertz CT molecular complexity index is 960. The van der Waals surface area contributed by atoms with Crippen LogP contribution in [0.5, 0.6) is 0 Å². The second-order valence-corrected chi connectivity index (χ2v) is 8.15. The second-order valence-electron chi connectivity index (χ2n) is 5.82. The molecule has 0 fully saturated rings. The molecule has 0 saturated heterocycles. The SMILES string of the molecule is COC(=O)C(C)Sc1ccccc1C(=O)NCc1nc(-c2ccncc2)cs1. The summed E-state index contributed by atoms with van der Waals surface area (Å²) < 4.78 is 4.76. The zero-order valence-electron chi connectivity index (χ0n) is 15.4. The van der Waals surface area contributed by atoms with E-state index in [-0.39, 0.29) is 11.9 Å². The molecule has 0 bridgehead atoms. The van der Waals surface area contributed by atoms with Gasteiger partial charge in [-0.25, -0.2) is 4.98 Å². The van der Waals surface area contributed by atoms with Gasteiger partial charge in [0.05, 0.1) is 24.9 Å². The number of hydrogen-bond acceptors (Lipinski definition) is 7. The number of nitrogens with one attached hydrogen (secondary N) is 1. The predicted octanol–water partition coefficient (Wildman–Crippen LogP) is 3.79. The van der Waals surface area contributed by atoms with Crippen LogP contribution in [0.25, 0.3) is 11.3 Å². The number of thioether (sulfide) groups is 1. The van der Waals surface area contributed by atoms with E-state index in [1.165, 1.54) is 30.2 Å². The van der Waals surface area contributed by atoms with Crippen LogP contribution in [-0.4, -0.2) is 34.2 Å². The Morgan fingerprint density at radius 2 is 1.96 bits per heavy atom. The van der Waals surface area contributed by atoms with Crippen molar-refractivity contribution in [2.75, 3.05) is 7.11 Å². The molecule has 0 aliphatic rings. The summed E-state index contributed by atoms with van der Waals surface area (Å²) in [5.41, 5.74) is 2.37. The second kappa shape index (κ2) is 9.48. The Morgan fingerprint density at radius 3 is 2.71 bits per heavy atom. The molecule has 0 aliphatic heterocycles. The Balaban J connectivity index is 1.66. The molecule has 8 heteroatoms. The van der Waals surface area contributed by atoms with Gasteiger partial charge in [0.1, 0.15) is 10.3 Å². The van der Waals surface area contributed by atoms with Gasteiger partial charge in [0.2, 0.25) is 0 Å². The standard InChI is InChI=1S/C20H19N3O3S2/c1-13(20(25)26-2)28-17-6-4-3-5-15(17)19(24)22-11-18-23-16(12-27-18)14-7-9-21-10-8-14/h3-10,12-13H,11H2,1-2H3,(H,22,24). The van der Waals surface area contributed by atoms with Gasteiger partial charge in [-0.15, -0.1) is 23.1 Å². The number of rotatable bonds is 7. The molecule has 0 saturated carbocycles. The lowest BCUT2D eigenvalue weighted by Gasteiger charge is -2.12. The lowest BCUT2D eigenvalue weighted by Crippen LogP contribution is -2.24. The van der Waals surface area contributed by atoms with Crippen LogP contribution in [0.15, 0.2) is 59.1 Å².